The molecule has 2 aromatic rings. The third-order valence-electron chi connectivity index (χ3n) is 7.78. The fourth-order valence-electron chi connectivity index (χ4n) is 5.60. The average molecular weight is 471 g/mol. The Kier molecular flexibility index (Phi) is 7.94. The first-order valence-corrected chi connectivity index (χ1v) is 12.6. The number of rotatable bonds is 8. The second-order valence-corrected chi connectivity index (χ2v) is 9.83. The van der Waals surface area contributed by atoms with Crippen LogP contribution in [-0.2, 0) is 9.53 Å². The van der Waals surface area contributed by atoms with E-state index < -0.39 is 0 Å². The van der Waals surface area contributed by atoms with Crippen molar-refractivity contribution >= 4 is 16.9 Å². The topological polar surface area (TPSA) is 72.2 Å². The predicted molar refractivity (Wildman–Crippen MR) is 133 cm³/mol. The molecule has 4 rings (SSSR count). The van der Waals surface area contributed by atoms with Crippen LogP contribution >= 0.6 is 0 Å². The monoisotopic (exact) mass is 470 g/mol. The van der Waals surface area contributed by atoms with E-state index in [1.54, 1.807) is 14.0 Å². The van der Waals surface area contributed by atoms with Crippen molar-refractivity contribution in [3.05, 3.63) is 39.2 Å². The van der Waals surface area contributed by atoms with Gasteiger partial charge in [0.25, 0.3) is 5.91 Å². The molecule has 0 saturated carbocycles. The lowest BCUT2D eigenvalue weighted by atomic mass is 9.83. The first-order chi connectivity index (χ1) is 16.4. The van der Waals surface area contributed by atoms with Crippen LogP contribution in [0.2, 0.25) is 0 Å². The summed E-state index contributed by atoms with van der Waals surface area (Å²) in [4.78, 5) is 30.0. The van der Waals surface area contributed by atoms with Gasteiger partial charge in [-0.3, -0.25) is 4.79 Å². The Balaban J connectivity index is 1.46. The summed E-state index contributed by atoms with van der Waals surface area (Å²) in [7, 11) is 1.67. The van der Waals surface area contributed by atoms with Crippen LogP contribution in [0.25, 0.3) is 11.0 Å². The Bertz CT molecular complexity index is 1080. The van der Waals surface area contributed by atoms with Gasteiger partial charge in [-0.05, 0) is 83.2 Å². The predicted octanol–water partition coefficient (Wildman–Crippen LogP) is 3.84. The molecule has 186 valence electrons. The lowest BCUT2D eigenvalue weighted by Gasteiger charge is -2.45. The van der Waals surface area contributed by atoms with E-state index in [0.717, 1.165) is 23.1 Å². The second-order valence-electron chi connectivity index (χ2n) is 9.83. The van der Waals surface area contributed by atoms with Crippen LogP contribution in [0.15, 0.2) is 21.3 Å². The van der Waals surface area contributed by atoms with Crippen molar-refractivity contribution in [3.8, 4) is 5.75 Å². The van der Waals surface area contributed by atoms with E-state index in [2.05, 4.69) is 4.90 Å². The zero-order valence-corrected chi connectivity index (χ0v) is 21.0. The van der Waals surface area contributed by atoms with Gasteiger partial charge in [0.05, 0.1) is 6.61 Å². The number of carbonyl (C=O) groups is 1. The molecule has 0 unspecified atom stereocenters. The number of methoxy groups -OCH3 is 1. The zero-order valence-electron chi connectivity index (χ0n) is 21.0. The van der Waals surface area contributed by atoms with Crippen molar-refractivity contribution in [2.75, 3.05) is 46.5 Å². The quantitative estimate of drug-likeness (QED) is 0.546. The molecule has 0 bridgehead atoms. The van der Waals surface area contributed by atoms with Crippen LogP contribution in [0.5, 0.6) is 5.75 Å². The number of carbonyl (C=O) groups excluding carboxylic acids is 1. The third-order valence-corrected chi connectivity index (χ3v) is 7.78. The Labute approximate surface area is 202 Å². The van der Waals surface area contributed by atoms with Crippen LogP contribution in [0.4, 0.5) is 0 Å². The molecule has 7 heteroatoms. The van der Waals surface area contributed by atoms with E-state index in [4.69, 9.17) is 13.9 Å². The van der Waals surface area contributed by atoms with Crippen molar-refractivity contribution in [3.63, 3.8) is 0 Å². The molecule has 2 saturated heterocycles. The number of amides is 1. The van der Waals surface area contributed by atoms with Crippen LogP contribution < -0.4 is 10.4 Å². The number of nitrogens with zero attached hydrogens (tertiary/aromatic N) is 2. The van der Waals surface area contributed by atoms with Crippen molar-refractivity contribution in [1.29, 1.82) is 0 Å². The summed E-state index contributed by atoms with van der Waals surface area (Å²) in [6.07, 6.45) is 6.16. The summed E-state index contributed by atoms with van der Waals surface area (Å²) in [5.41, 5.74) is 2.44. The fourth-order valence-corrected chi connectivity index (χ4v) is 5.60. The molecule has 1 aromatic heterocycles. The van der Waals surface area contributed by atoms with Crippen molar-refractivity contribution in [2.24, 2.45) is 5.92 Å². The van der Waals surface area contributed by atoms with Crippen molar-refractivity contribution in [1.82, 2.24) is 9.80 Å². The minimum absolute atomic E-state index is 0.0361. The summed E-state index contributed by atoms with van der Waals surface area (Å²) >= 11 is 0. The Hall–Kier alpha value is -2.38. The normalized spacial score (nSPS) is 20.8. The van der Waals surface area contributed by atoms with Crippen LogP contribution in [-0.4, -0.2) is 68.3 Å². The van der Waals surface area contributed by atoms with Gasteiger partial charge in [-0.15, -0.1) is 0 Å². The fraction of sp³-hybridized carbons (Fsp3) is 0.630. The van der Waals surface area contributed by atoms with Crippen LogP contribution in [0, 0.1) is 26.7 Å². The van der Waals surface area contributed by atoms with E-state index in [-0.39, 0.29) is 18.1 Å². The molecule has 0 spiro atoms. The van der Waals surface area contributed by atoms with Crippen molar-refractivity contribution in [2.45, 2.75) is 58.9 Å². The van der Waals surface area contributed by atoms with Crippen LogP contribution in [0.3, 0.4) is 0 Å². The Morgan fingerprint density at radius 1 is 1.09 bits per heavy atom. The van der Waals surface area contributed by atoms with E-state index in [1.165, 1.54) is 45.2 Å². The number of aryl methyl sites for hydroxylation is 2. The number of benzene rings is 1. The second kappa shape index (κ2) is 10.9. The largest absolute Gasteiger partial charge is 0.483 e. The van der Waals surface area contributed by atoms with E-state index >= 15 is 0 Å². The van der Waals surface area contributed by atoms with E-state index in [0.29, 0.717) is 42.0 Å². The number of piperidine rings is 2. The van der Waals surface area contributed by atoms with Gasteiger partial charge in [-0.25, -0.2) is 4.79 Å². The molecule has 2 aliphatic heterocycles. The van der Waals surface area contributed by atoms with Gasteiger partial charge in [0.2, 0.25) is 0 Å². The lowest BCUT2D eigenvalue weighted by molar-refractivity contribution is -0.135. The molecule has 1 aromatic carbocycles. The third kappa shape index (κ3) is 5.15. The highest BCUT2D eigenvalue weighted by atomic mass is 16.5. The van der Waals surface area contributed by atoms with Gasteiger partial charge < -0.3 is 23.7 Å². The Morgan fingerprint density at radius 2 is 1.88 bits per heavy atom. The summed E-state index contributed by atoms with van der Waals surface area (Å²) in [5, 5.41) is 0.893. The highest BCUT2D eigenvalue weighted by Gasteiger charge is 2.34. The molecular formula is C27H38N2O5. The molecule has 3 heterocycles. The Morgan fingerprint density at radius 3 is 2.68 bits per heavy atom. The maximum atomic E-state index is 13.2. The summed E-state index contributed by atoms with van der Waals surface area (Å²) in [6.45, 7) is 9.69. The lowest BCUT2D eigenvalue weighted by Crippen LogP contribution is -2.52. The molecule has 2 aliphatic rings. The summed E-state index contributed by atoms with van der Waals surface area (Å²) in [5.74, 6) is 1.03. The van der Waals surface area contributed by atoms with Crippen LogP contribution in [0.1, 0.15) is 48.8 Å². The molecule has 7 nitrogen and oxygen atoms in total. The smallest absolute Gasteiger partial charge is 0.339 e. The molecule has 1 amide bonds. The van der Waals surface area contributed by atoms with E-state index in [1.807, 2.05) is 30.9 Å². The SMILES string of the molecule is COCCN(C[C@@H]1CCCN2CCCC[C@H]12)C(=O)COc1ccc2c(C)c(C)c(=O)oc2c1C. The standard InChI is InChI=1S/C27H38N2O5/c1-18-19(2)27(31)34-26-20(3)24(11-10-22(18)26)33-17-25(30)29(14-15-32-4)16-21-8-7-13-28-12-6-5-9-23(21)28/h10-11,21,23H,5-9,12-17H2,1-4H3/t21-,23+/m0/s1. The first-order valence-electron chi connectivity index (χ1n) is 12.6. The molecule has 0 N–H and O–H groups in total. The highest BCUT2D eigenvalue weighted by molar-refractivity contribution is 5.85. The number of hydrogen-bond donors (Lipinski definition) is 0. The molecule has 2 atom stereocenters. The molecule has 0 radical (unpaired) electrons. The van der Waals surface area contributed by atoms with Gasteiger partial charge in [0.15, 0.2) is 6.61 Å². The maximum Gasteiger partial charge on any atom is 0.339 e. The van der Waals surface area contributed by atoms with Gasteiger partial charge in [-0.1, -0.05) is 6.42 Å². The van der Waals surface area contributed by atoms with Gasteiger partial charge in [0, 0.05) is 42.8 Å². The number of fused-ring (bicyclic) bond motifs is 2. The minimum atomic E-state index is -0.337. The molecule has 2 fully saturated rings. The number of hydrogen-bond acceptors (Lipinski definition) is 6. The summed E-state index contributed by atoms with van der Waals surface area (Å²) < 4.78 is 16.8. The summed E-state index contributed by atoms with van der Waals surface area (Å²) in [6, 6.07) is 4.34. The zero-order chi connectivity index (χ0) is 24.2. The first kappa shape index (κ1) is 24.7. The van der Waals surface area contributed by atoms with Crippen molar-refractivity contribution < 1.29 is 18.7 Å². The molecule has 34 heavy (non-hydrogen) atoms. The highest BCUT2D eigenvalue weighted by Crippen LogP contribution is 2.32. The van der Waals surface area contributed by atoms with Gasteiger partial charge in [0.1, 0.15) is 11.3 Å². The molecular weight excluding hydrogens is 432 g/mol. The maximum absolute atomic E-state index is 13.2. The number of ether oxygens (including phenoxy) is 2. The average Bonchev–Trinajstić information content (AvgIpc) is 2.85. The van der Waals surface area contributed by atoms with E-state index in [9.17, 15) is 9.59 Å². The van der Waals surface area contributed by atoms with Gasteiger partial charge in [-0.2, -0.15) is 0 Å². The minimum Gasteiger partial charge on any atom is -0.483 e. The molecule has 0 aliphatic carbocycles. The van der Waals surface area contributed by atoms with Gasteiger partial charge >= 0.3 is 5.63 Å².